The molecule has 0 atom stereocenters. The van der Waals surface area contributed by atoms with Crippen LogP contribution in [0.3, 0.4) is 0 Å². The number of nitrogens with zero attached hydrogens (tertiary/aromatic N) is 3. The van der Waals surface area contributed by atoms with E-state index in [1.807, 2.05) is 6.20 Å². The maximum atomic E-state index is 6.28. The molecule has 1 aromatic heterocycles. The normalized spacial score (nSPS) is 24.7. The monoisotopic (exact) mass is 234 g/mol. The number of hydrogen-bond acceptors (Lipinski definition) is 3. The van der Waals surface area contributed by atoms with Gasteiger partial charge >= 0.3 is 0 Å². The first-order valence-corrected chi connectivity index (χ1v) is 6.48. The molecule has 2 heterocycles. The molecule has 0 amide bonds. The van der Waals surface area contributed by atoms with Crippen molar-refractivity contribution in [3.63, 3.8) is 0 Å². The van der Waals surface area contributed by atoms with Gasteiger partial charge in [0.1, 0.15) is 0 Å². The summed E-state index contributed by atoms with van der Waals surface area (Å²) in [4.78, 5) is 2.49. The standard InChI is InChI=1S/C13H22N4/c1-12(2,3)16-8-10(9-16)17-11(4-7-15-17)13(14)5-6-13/h4,7,10H,5-6,8-9,14H2,1-3H3. The Balaban J connectivity index is 1.74. The van der Waals surface area contributed by atoms with Crippen LogP contribution in [0.15, 0.2) is 12.3 Å². The van der Waals surface area contributed by atoms with Crippen LogP contribution in [-0.4, -0.2) is 33.3 Å². The fourth-order valence-corrected chi connectivity index (χ4v) is 2.55. The molecular formula is C13H22N4. The van der Waals surface area contributed by atoms with Crippen molar-refractivity contribution < 1.29 is 0 Å². The molecule has 0 bridgehead atoms. The molecule has 0 aromatic carbocycles. The van der Waals surface area contributed by atoms with E-state index in [1.165, 1.54) is 5.69 Å². The molecule has 1 aliphatic carbocycles. The molecule has 1 saturated carbocycles. The van der Waals surface area contributed by atoms with Crippen molar-refractivity contribution in [2.75, 3.05) is 13.1 Å². The number of rotatable bonds is 2. The summed E-state index contributed by atoms with van der Waals surface area (Å²) in [7, 11) is 0. The predicted molar refractivity (Wildman–Crippen MR) is 67.7 cm³/mol. The second-order valence-electron chi connectivity index (χ2n) is 6.55. The number of hydrogen-bond donors (Lipinski definition) is 1. The molecule has 1 aromatic rings. The van der Waals surface area contributed by atoms with Gasteiger partial charge in [0.15, 0.2) is 0 Å². The maximum Gasteiger partial charge on any atom is 0.0777 e. The maximum absolute atomic E-state index is 6.28. The molecule has 17 heavy (non-hydrogen) atoms. The molecule has 4 heteroatoms. The Morgan fingerprint density at radius 3 is 2.53 bits per heavy atom. The van der Waals surface area contributed by atoms with Crippen LogP contribution in [0.1, 0.15) is 45.3 Å². The third-order valence-corrected chi connectivity index (χ3v) is 4.13. The minimum absolute atomic E-state index is 0.0708. The summed E-state index contributed by atoms with van der Waals surface area (Å²) in [5.41, 5.74) is 7.71. The highest BCUT2D eigenvalue weighted by atomic mass is 15.4. The lowest BCUT2D eigenvalue weighted by Gasteiger charge is -2.48. The van der Waals surface area contributed by atoms with E-state index in [-0.39, 0.29) is 11.1 Å². The van der Waals surface area contributed by atoms with Crippen LogP contribution < -0.4 is 5.73 Å². The summed E-state index contributed by atoms with van der Waals surface area (Å²) in [6.07, 6.45) is 4.10. The number of aromatic nitrogens is 2. The second kappa shape index (κ2) is 3.33. The van der Waals surface area contributed by atoms with Crippen LogP contribution >= 0.6 is 0 Å². The van der Waals surface area contributed by atoms with Crippen LogP contribution in [0.5, 0.6) is 0 Å². The topological polar surface area (TPSA) is 47.1 Å². The minimum atomic E-state index is -0.0708. The SMILES string of the molecule is CC(C)(C)N1CC(n2nccc2C2(N)CC2)C1. The van der Waals surface area contributed by atoms with Crippen molar-refractivity contribution >= 4 is 0 Å². The van der Waals surface area contributed by atoms with Gasteiger partial charge in [0.2, 0.25) is 0 Å². The average Bonchev–Trinajstić information content (AvgIpc) is 2.72. The summed E-state index contributed by atoms with van der Waals surface area (Å²) in [6.45, 7) is 8.97. The van der Waals surface area contributed by atoms with Crippen molar-refractivity contribution in [1.82, 2.24) is 14.7 Å². The summed E-state index contributed by atoms with van der Waals surface area (Å²) in [6, 6.07) is 2.60. The third kappa shape index (κ3) is 1.79. The summed E-state index contributed by atoms with van der Waals surface area (Å²) in [5.74, 6) is 0. The van der Waals surface area contributed by atoms with E-state index < -0.39 is 0 Å². The zero-order valence-electron chi connectivity index (χ0n) is 11.0. The van der Waals surface area contributed by atoms with Gasteiger partial charge in [-0.25, -0.2) is 0 Å². The number of nitrogens with two attached hydrogens (primary N) is 1. The lowest BCUT2D eigenvalue weighted by atomic mass is 9.97. The molecule has 4 nitrogen and oxygen atoms in total. The van der Waals surface area contributed by atoms with E-state index in [1.54, 1.807) is 0 Å². The lowest BCUT2D eigenvalue weighted by molar-refractivity contribution is 0.0137. The molecule has 1 saturated heterocycles. The van der Waals surface area contributed by atoms with E-state index in [0.717, 1.165) is 25.9 Å². The van der Waals surface area contributed by atoms with E-state index in [4.69, 9.17) is 5.73 Å². The largest absolute Gasteiger partial charge is 0.320 e. The summed E-state index contributed by atoms with van der Waals surface area (Å²) in [5, 5.41) is 4.47. The first-order valence-electron chi connectivity index (χ1n) is 6.48. The van der Waals surface area contributed by atoms with Crippen LogP contribution in [0, 0.1) is 0 Å². The van der Waals surface area contributed by atoms with Crippen LogP contribution in [0.25, 0.3) is 0 Å². The Morgan fingerprint density at radius 1 is 1.35 bits per heavy atom. The van der Waals surface area contributed by atoms with Crippen LogP contribution in [-0.2, 0) is 5.54 Å². The van der Waals surface area contributed by atoms with Crippen molar-refractivity contribution in [2.24, 2.45) is 5.73 Å². The highest BCUT2D eigenvalue weighted by Crippen LogP contribution is 2.44. The zero-order valence-corrected chi connectivity index (χ0v) is 11.0. The van der Waals surface area contributed by atoms with Gasteiger partial charge in [-0.1, -0.05) is 0 Å². The first-order chi connectivity index (χ1) is 7.90. The summed E-state index contributed by atoms with van der Waals surface area (Å²) >= 11 is 0. The molecule has 2 aliphatic rings. The lowest BCUT2D eigenvalue weighted by Crippen LogP contribution is -2.56. The van der Waals surface area contributed by atoms with E-state index >= 15 is 0 Å². The number of likely N-dealkylation sites (tertiary alicyclic amines) is 1. The Hall–Kier alpha value is -0.870. The van der Waals surface area contributed by atoms with Crippen molar-refractivity contribution in [2.45, 2.75) is 50.7 Å². The average molecular weight is 234 g/mol. The minimum Gasteiger partial charge on any atom is -0.320 e. The quantitative estimate of drug-likeness (QED) is 0.843. The van der Waals surface area contributed by atoms with Gasteiger partial charge in [-0.15, -0.1) is 0 Å². The van der Waals surface area contributed by atoms with Crippen molar-refractivity contribution in [1.29, 1.82) is 0 Å². The van der Waals surface area contributed by atoms with E-state index in [0.29, 0.717) is 6.04 Å². The second-order valence-corrected chi connectivity index (χ2v) is 6.55. The highest BCUT2D eigenvalue weighted by molar-refractivity contribution is 5.22. The van der Waals surface area contributed by atoms with Gasteiger partial charge in [0.25, 0.3) is 0 Å². The molecule has 0 spiro atoms. The van der Waals surface area contributed by atoms with Crippen LogP contribution in [0.4, 0.5) is 0 Å². The fraction of sp³-hybridized carbons (Fsp3) is 0.769. The molecule has 3 rings (SSSR count). The molecule has 1 aliphatic heterocycles. The molecule has 0 unspecified atom stereocenters. The Kier molecular flexibility index (Phi) is 2.20. The van der Waals surface area contributed by atoms with Gasteiger partial charge in [-0.05, 0) is 39.7 Å². The third-order valence-electron chi connectivity index (χ3n) is 4.13. The Bertz CT molecular complexity index is 419. The molecule has 2 fully saturated rings. The molecular weight excluding hydrogens is 212 g/mol. The van der Waals surface area contributed by atoms with Gasteiger partial charge in [0.05, 0.1) is 17.3 Å². The van der Waals surface area contributed by atoms with Gasteiger partial charge in [-0.2, -0.15) is 5.10 Å². The van der Waals surface area contributed by atoms with Crippen molar-refractivity contribution in [3.05, 3.63) is 18.0 Å². The van der Waals surface area contributed by atoms with Gasteiger partial charge < -0.3 is 5.73 Å². The van der Waals surface area contributed by atoms with Crippen molar-refractivity contribution in [3.8, 4) is 0 Å². The van der Waals surface area contributed by atoms with E-state index in [2.05, 4.69) is 41.5 Å². The highest BCUT2D eigenvalue weighted by Gasteiger charge is 2.45. The Morgan fingerprint density at radius 2 is 2.00 bits per heavy atom. The Labute approximate surface area is 103 Å². The summed E-state index contributed by atoms with van der Waals surface area (Å²) < 4.78 is 2.16. The molecule has 0 radical (unpaired) electrons. The fourth-order valence-electron chi connectivity index (χ4n) is 2.55. The zero-order chi connectivity index (χ0) is 12.3. The van der Waals surface area contributed by atoms with Crippen LogP contribution in [0.2, 0.25) is 0 Å². The predicted octanol–water partition coefficient (Wildman–Crippen LogP) is 1.49. The van der Waals surface area contributed by atoms with E-state index in [9.17, 15) is 0 Å². The molecule has 94 valence electrons. The first kappa shape index (κ1) is 11.2. The molecule has 2 N–H and O–H groups in total. The smallest absolute Gasteiger partial charge is 0.0777 e. The van der Waals surface area contributed by atoms with Gasteiger partial charge in [-0.3, -0.25) is 9.58 Å². The van der Waals surface area contributed by atoms with Gasteiger partial charge in [0, 0.05) is 24.8 Å².